The molecule has 2 rings (SSSR count). The van der Waals surface area contributed by atoms with Crippen LogP contribution in [0.2, 0.25) is 0 Å². The second-order valence-corrected chi connectivity index (χ2v) is 7.38. The van der Waals surface area contributed by atoms with E-state index in [9.17, 15) is 13.7 Å². The molecule has 0 amide bonds. The van der Waals surface area contributed by atoms with Crippen LogP contribution in [0, 0.1) is 11.3 Å². The van der Waals surface area contributed by atoms with Crippen LogP contribution in [-0.2, 0) is 9.84 Å². The summed E-state index contributed by atoms with van der Waals surface area (Å²) in [4.78, 5) is -0.255. The van der Waals surface area contributed by atoms with Crippen LogP contribution in [0.1, 0.15) is 12.5 Å². The Hall–Kier alpha value is -2.10. The van der Waals surface area contributed by atoms with E-state index in [0.717, 1.165) is 4.47 Å². The van der Waals surface area contributed by atoms with E-state index in [1.54, 1.807) is 42.5 Å². The van der Waals surface area contributed by atoms with Gasteiger partial charge in [-0.1, -0.05) is 34.1 Å². The molecule has 0 unspecified atom stereocenters. The minimum Gasteiger partial charge on any atom is -0.493 e. The third-order valence-corrected chi connectivity index (χ3v) is 5.24. The average molecular weight is 392 g/mol. The SMILES string of the molecule is CCOc1ccccc1/C=C(\C#N)S(=O)(=O)c1ccc(Br)cc1. The summed E-state index contributed by atoms with van der Waals surface area (Å²) < 4.78 is 31.4. The fourth-order valence-corrected chi connectivity index (χ4v) is 3.35. The molecule has 0 N–H and O–H groups in total. The lowest BCUT2D eigenvalue weighted by Crippen LogP contribution is -2.04. The molecule has 0 heterocycles. The van der Waals surface area contributed by atoms with E-state index >= 15 is 0 Å². The zero-order chi connectivity index (χ0) is 16.9. The number of benzene rings is 2. The number of hydrogen-bond acceptors (Lipinski definition) is 4. The molecule has 2 aromatic carbocycles. The number of sulfone groups is 1. The molecule has 0 aliphatic carbocycles. The number of nitrogens with zero attached hydrogens (tertiary/aromatic N) is 1. The van der Waals surface area contributed by atoms with Crippen molar-refractivity contribution in [1.29, 1.82) is 5.26 Å². The molecule has 0 aliphatic rings. The van der Waals surface area contributed by atoms with Crippen LogP contribution in [0.4, 0.5) is 0 Å². The summed E-state index contributed by atoms with van der Waals surface area (Å²) in [6.45, 7) is 2.29. The fraction of sp³-hybridized carbons (Fsp3) is 0.118. The van der Waals surface area contributed by atoms with Crippen molar-refractivity contribution in [3.05, 3.63) is 63.5 Å². The van der Waals surface area contributed by atoms with Gasteiger partial charge in [-0.05, 0) is 43.3 Å². The van der Waals surface area contributed by atoms with E-state index in [2.05, 4.69) is 15.9 Å². The van der Waals surface area contributed by atoms with Gasteiger partial charge in [0, 0.05) is 10.0 Å². The Morgan fingerprint density at radius 2 is 1.87 bits per heavy atom. The molecular formula is C17H14BrNO3S. The Bertz CT molecular complexity index is 865. The van der Waals surface area contributed by atoms with E-state index in [1.807, 2.05) is 6.92 Å². The van der Waals surface area contributed by atoms with Gasteiger partial charge in [-0.2, -0.15) is 5.26 Å². The van der Waals surface area contributed by atoms with Gasteiger partial charge in [0.2, 0.25) is 9.84 Å². The summed E-state index contributed by atoms with van der Waals surface area (Å²) in [6.07, 6.45) is 1.34. The lowest BCUT2D eigenvalue weighted by Gasteiger charge is -2.08. The number of hydrogen-bond donors (Lipinski definition) is 0. The van der Waals surface area contributed by atoms with E-state index in [4.69, 9.17) is 4.74 Å². The van der Waals surface area contributed by atoms with Crippen molar-refractivity contribution in [3.63, 3.8) is 0 Å². The second kappa shape index (κ2) is 7.44. The quantitative estimate of drug-likeness (QED) is 0.716. The third kappa shape index (κ3) is 4.01. The molecule has 0 bridgehead atoms. The van der Waals surface area contributed by atoms with Gasteiger partial charge in [0.1, 0.15) is 16.7 Å². The van der Waals surface area contributed by atoms with Gasteiger partial charge in [-0.15, -0.1) is 0 Å². The Morgan fingerprint density at radius 3 is 2.48 bits per heavy atom. The van der Waals surface area contributed by atoms with Crippen molar-refractivity contribution in [2.75, 3.05) is 6.61 Å². The van der Waals surface area contributed by atoms with Crippen molar-refractivity contribution in [3.8, 4) is 11.8 Å². The third-order valence-electron chi connectivity index (χ3n) is 3.03. The molecule has 0 spiro atoms. The molecule has 6 heteroatoms. The molecule has 0 saturated heterocycles. The van der Waals surface area contributed by atoms with Crippen LogP contribution in [0.25, 0.3) is 6.08 Å². The predicted molar refractivity (Wildman–Crippen MR) is 92.5 cm³/mol. The lowest BCUT2D eigenvalue weighted by molar-refractivity contribution is 0.339. The van der Waals surface area contributed by atoms with Gasteiger partial charge >= 0.3 is 0 Å². The molecule has 0 aromatic heterocycles. The first-order valence-electron chi connectivity index (χ1n) is 6.83. The van der Waals surface area contributed by atoms with E-state index < -0.39 is 9.84 Å². The maximum absolute atomic E-state index is 12.6. The molecular weight excluding hydrogens is 378 g/mol. The van der Waals surface area contributed by atoms with Gasteiger partial charge in [0.25, 0.3) is 0 Å². The van der Waals surface area contributed by atoms with Crippen LogP contribution in [0.3, 0.4) is 0 Å². The molecule has 0 fully saturated rings. The first-order chi connectivity index (χ1) is 11.0. The number of allylic oxidation sites excluding steroid dienone is 1. The summed E-state index contributed by atoms with van der Waals surface area (Å²) in [5, 5.41) is 9.31. The van der Waals surface area contributed by atoms with E-state index in [-0.39, 0.29) is 9.80 Å². The molecule has 0 aliphatic heterocycles. The number of rotatable bonds is 5. The van der Waals surface area contributed by atoms with E-state index in [1.165, 1.54) is 18.2 Å². The summed E-state index contributed by atoms with van der Waals surface area (Å²) in [6, 6.07) is 14.9. The minimum absolute atomic E-state index is 0.0717. The van der Waals surface area contributed by atoms with E-state index in [0.29, 0.717) is 17.9 Å². The molecule has 118 valence electrons. The standard InChI is InChI=1S/C17H14BrNO3S/c1-2-22-17-6-4-3-5-13(17)11-16(12-19)23(20,21)15-9-7-14(18)8-10-15/h3-11H,2H2,1H3/b16-11+. The van der Waals surface area contributed by atoms with Crippen LogP contribution in [0.5, 0.6) is 5.75 Å². The molecule has 23 heavy (non-hydrogen) atoms. The van der Waals surface area contributed by atoms with Crippen molar-refractivity contribution < 1.29 is 13.2 Å². The first kappa shape index (κ1) is 17.3. The Morgan fingerprint density at radius 1 is 1.22 bits per heavy atom. The molecule has 4 nitrogen and oxygen atoms in total. The highest BCUT2D eigenvalue weighted by Gasteiger charge is 2.21. The van der Waals surface area contributed by atoms with Crippen LogP contribution < -0.4 is 4.74 Å². The van der Waals surface area contributed by atoms with Crippen LogP contribution in [-0.4, -0.2) is 15.0 Å². The summed E-state index contributed by atoms with van der Waals surface area (Å²) in [5.74, 6) is 0.536. The second-order valence-electron chi connectivity index (χ2n) is 4.55. The van der Waals surface area contributed by atoms with Crippen LogP contribution in [0.15, 0.2) is 62.8 Å². The zero-order valence-electron chi connectivity index (χ0n) is 12.4. The first-order valence-corrected chi connectivity index (χ1v) is 9.11. The topological polar surface area (TPSA) is 67.2 Å². The normalized spacial score (nSPS) is 11.8. The Labute approximate surface area is 144 Å². The fourth-order valence-electron chi connectivity index (χ4n) is 1.94. The van der Waals surface area contributed by atoms with Gasteiger partial charge in [-0.3, -0.25) is 0 Å². The highest BCUT2D eigenvalue weighted by molar-refractivity contribution is 9.10. The number of halogens is 1. The van der Waals surface area contributed by atoms with Crippen LogP contribution >= 0.6 is 15.9 Å². The largest absolute Gasteiger partial charge is 0.493 e. The minimum atomic E-state index is -3.87. The monoisotopic (exact) mass is 391 g/mol. The summed E-state index contributed by atoms with van der Waals surface area (Å²) in [7, 11) is -3.87. The number of ether oxygens (including phenoxy) is 1. The lowest BCUT2D eigenvalue weighted by atomic mass is 10.2. The Kier molecular flexibility index (Phi) is 5.59. The number of para-hydroxylation sites is 1. The summed E-state index contributed by atoms with van der Waals surface area (Å²) >= 11 is 3.26. The maximum atomic E-state index is 12.6. The molecule has 0 saturated carbocycles. The van der Waals surface area contributed by atoms with Gasteiger partial charge < -0.3 is 4.74 Å². The molecule has 0 radical (unpaired) electrons. The van der Waals surface area contributed by atoms with Crippen molar-refractivity contribution in [2.45, 2.75) is 11.8 Å². The highest BCUT2D eigenvalue weighted by Crippen LogP contribution is 2.26. The Balaban J connectivity index is 2.51. The van der Waals surface area contributed by atoms with Gasteiger partial charge in [0.15, 0.2) is 0 Å². The predicted octanol–water partition coefficient (Wildman–Crippen LogP) is 4.19. The number of nitriles is 1. The smallest absolute Gasteiger partial charge is 0.216 e. The molecule has 0 atom stereocenters. The van der Waals surface area contributed by atoms with Crippen molar-refractivity contribution in [2.24, 2.45) is 0 Å². The molecule has 2 aromatic rings. The zero-order valence-corrected chi connectivity index (χ0v) is 14.8. The van der Waals surface area contributed by atoms with Crippen molar-refractivity contribution in [1.82, 2.24) is 0 Å². The van der Waals surface area contributed by atoms with Gasteiger partial charge in [0.05, 0.1) is 11.5 Å². The average Bonchev–Trinajstić information content (AvgIpc) is 2.54. The summed E-state index contributed by atoms with van der Waals surface area (Å²) in [5.41, 5.74) is 0.548. The highest BCUT2D eigenvalue weighted by atomic mass is 79.9. The van der Waals surface area contributed by atoms with Gasteiger partial charge in [-0.25, -0.2) is 8.42 Å². The maximum Gasteiger partial charge on any atom is 0.216 e. The van der Waals surface area contributed by atoms with Crippen molar-refractivity contribution >= 4 is 31.8 Å².